The molecule has 1 aromatic rings. The lowest BCUT2D eigenvalue weighted by Gasteiger charge is -2.22. The van der Waals surface area contributed by atoms with Crippen LogP contribution in [0.1, 0.15) is 18.9 Å². The van der Waals surface area contributed by atoms with E-state index in [0.717, 1.165) is 11.3 Å². The van der Waals surface area contributed by atoms with Crippen LogP contribution in [-0.4, -0.2) is 42.2 Å². The summed E-state index contributed by atoms with van der Waals surface area (Å²) in [5, 5.41) is 11.9. The van der Waals surface area contributed by atoms with E-state index in [2.05, 4.69) is 5.32 Å². The number of nitrogens with zero attached hydrogens (tertiary/aromatic N) is 1. The Morgan fingerprint density at radius 2 is 2.21 bits per heavy atom. The second-order valence-corrected chi connectivity index (χ2v) is 4.88. The minimum Gasteiger partial charge on any atom is -0.399 e. The standard InChI is InChI=1S/C14H23N3O2/c1-10-4-5-12(15)8-13(10)16-14(19)6-7-17(3)11(2)9-18/h4-5,8,11,18H,6-7,9,15H2,1-3H3,(H,16,19). The number of amides is 1. The second-order valence-electron chi connectivity index (χ2n) is 4.88. The molecule has 0 heterocycles. The first kappa shape index (κ1) is 15.5. The first-order valence-electron chi connectivity index (χ1n) is 6.41. The van der Waals surface area contributed by atoms with Gasteiger partial charge in [-0.25, -0.2) is 0 Å². The van der Waals surface area contributed by atoms with Gasteiger partial charge in [-0.05, 0) is 38.6 Å². The third kappa shape index (κ3) is 4.89. The molecule has 0 saturated heterocycles. The molecule has 1 amide bonds. The number of hydrogen-bond acceptors (Lipinski definition) is 4. The van der Waals surface area contributed by atoms with Crippen LogP contribution in [0.5, 0.6) is 0 Å². The van der Waals surface area contributed by atoms with Gasteiger partial charge in [-0.15, -0.1) is 0 Å². The highest BCUT2D eigenvalue weighted by molar-refractivity contribution is 5.92. The van der Waals surface area contributed by atoms with Crippen LogP contribution in [0.25, 0.3) is 0 Å². The third-order valence-corrected chi connectivity index (χ3v) is 3.24. The van der Waals surface area contributed by atoms with Crippen LogP contribution < -0.4 is 11.1 Å². The van der Waals surface area contributed by atoms with E-state index in [-0.39, 0.29) is 18.6 Å². The Hall–Kier alpha value is -1.59. The minimum absolute atomic E-state index is 0.0503. The number of aliphatic hydroxyl groups excluding tert-OH is 1. The number of carbonyl (C=O) groups excluding carboxylic acids is 1. The molecule has 0 aliphatic rings. The molecule has 0 saturated carbocycles. The normalized spacial score (nSPS) is 12.5. The average molecular weight is 265 g/mol. The van der Waals surface area contributed by atoms with E-state index in [1.807, 2.05) is 37.9 Å². The molecule has 106 valence electrons. The van der Waals surface area contributed by atoms with Crippen LogP contribution in [0.3, 0.4) is 0 Å². The summed E-state index contributed by atoms with van der Waals surface area (Å²) in [4.78, 5) is 13.8. The van der Waals surface area contributed by atoms with Crippen LogP contribution in [0.4, 0.5) is 11.4 Å². The summed E-state index contributed by atoms with van der Waals surface area (Å²) < 4.78 is 0. The van der Waals surface area contributed by atoms with E-state index in [0.29, 0.717) is 18.7 Å². The fourth-order valence-corrected chi connectivity index (χ4v) is 1.62. The summed E-state index contributed by atoms with van der Waals surface area (Å²) >= 11 is 0. The molecule has 0 fully saturated rings. The lowest BCUT2D eigenvalue weighted by molar-refractivity contribution is -0.116. The molecule has 0 bridgehead atoms. The Labute approximate surface area is 114 Å². The van der Waals surface area contributed by atoms with Crippen molar-refractivity contribution >= 4 is 17.3 Å². The van der Waals surface area contributed by atoms with Gasteiger partial charge in [0.1, 0.15) is 0 Å². The molecule has 1 aromatic carbocycles. The molecule has 0 radical (unpaired) electrons. The van der Waals surface area contributed by atoms with Gasteiger partial charge in [0.2, 0.25) is 5.91 Å². The number of carbonyl (C=O) groups is 1. The van der Waals surface area contributed by atoms with E-state index in [1.54, 1.807) is 6.07 Å². The summed E-state index contributed by atoms with van der Waals surface area (Å²) in [6, 6.07) is 5.50. The van der Waals surface area contributed by atoms with Gasteiger partial charge in [0, 0.05) is 30.4 Å². The van der Waals surface area contributed by atoms with E-state index >= 15 is 0 Å². The largest absolute Gasteiger partial charge is 0.399 e. The molecular weight excluding hydrogens is 242 g/mol. The van der Waals surface area contributed by atoms with Crippen molar-refractivity contribution in [2.75, 3.05) is 31.2 Å². The molecule has 5 nitrogen and oxygen atoms in total. The SMILES string of the molecule is Cc1ccc(N)cc1NC(=O)CCN(C)C(C)CO. The number of nitrogen functional groups attached to an aromatic ring is 1. The highest BCUT2D eigenvalue weighted by Gasteiger charge is 2.10. The van der Waals surface area contributed by atoms with Crippen molar-refractivity contribution in [2.24, 2.45) is 0 Å². The number of nitrogens with two attached hydrogens (primary N) is 1. The van der Waals surface area contributed by atoms with Crippen molar-refractivity contribution in [3.8, 4) is 0 Å². The van der Waals surface area contributed by atoms with Gasteiger partial charge >= 0.3 is 0 Å². The Bertz CT molecular complexity index is 435. The van der Waals surface area contributed by atoms with Gasteiger partial charge in [0.15, 0.2) is 0 Å². The van der Waals surface area contributed by atoms with Gasteiger partial charge in [-0.2, -0.15) is 0 Å². The molecule has 1 unspecified atom stereocenters. The predicted octanol–water partition coefficient (Wildman–Crippen LogP) is 1.22. The first-order valence-corrected chi connectivity index (χ1v) is 6.41. The summed E-state index contributed by atoms with van der Waals surface area (Å²) in [6.45, 7) is 4.54. The number of likely N-dealkylation sites (N-methyl/N-ethyl adjacent to an activating group) is 1. The van der Waals surface area contributed by atoms with Gasteiger partial charge in [-0.1, -0.05) is 6.07 Å². The maximum atomic E-state index is 11.9. The number of aliphatic hydroxyl groups is 1. The maximum Gasteiger partial charge on any atom is 0.225 e. The molecule has 19 heavy (non-hydrogen) atoms. The number of benzene rings is 1. The van der Waals surface area contributed by atoms with Gasteiger partial charge < -0.3 is 21.1 Å². The molecule has 1 rings (SSSR count). The first-order chi connectivity index (χ1) is 8.93. The summed E-state index contributed by atoms with van der Waals surface area (Å²) in [5.41, 5.74) is 8.07. The van der Waals surface area contributed by atoms with E-state index in [9.17, 15) is 4.79 Å². The zero-order chi connectivity index (χ0) is 14.4. The van der Waals surface area contributed by atoms with Crippen molar-refractivity contribution in [1.29, 1.82) is 0 Å². The van der Waals surface area contributed by atoms with Crippen molar-refractivity contribution in [3.63, 3.8) is 0 Å². The van der Waals surface area contributed by atoms with Crippen LogP contribution >= 0.6 is 0 Å². The molecule has 0 spiro atoms. The van der Waals surface area contributed by atoms with Crippen molar-refractivity contribution < 1.29 is 9.90 Å². The molecule has 0 aliphatic carbocycles. The molecule has 0 aromatic heterocycles. The summed E-state index contributed by atoms with van der Waals surface area (Å²) in [5.74, 6) is -0.0503. The monoisotopic (exact) mass is 265 g/mol. The third-order valence-electron chi connectivity index (χ3n) is 3.24. The average Bonchev–Trinajstić information content (AvgIpc) is 2.39. The van der Waals surface area contributed by atoms with Gasteiger partial charge in [0.05, 0.1) is 6.61 Å². The van der Waals surface area contributed by atoms with E-state index in [1.165, 1.54) is 0 Å². The Balaban J connectivity index is 2.49. The fraction of sp³-hybridized carbons (Fsp3) is 0.500. The number of rotatable bonds is 6. The Morgan fingerprint density at radius 3 is 2.84 bits per heavy atom. The fourth-order valence-electron chi connectivity index (χ4n) is 1.62. The molecule has 1 atom stereocenters. The lowest BCUT2D eigenvalue weighted by atomic mass is 10.2. The van der Waals surface area contributed by atoms with Crippen LogP contribution in [-0.2, 0) is 4.79 Å². The van der Waals surface area contributed by atoms with Crippen molar-refractivity contribution in [1.82, 2.24) is 4.90 Å². The van der Waals surface area contributed by atoms with Crippen molar-refractivity contribution in [3.05, 3.63) is 23.8 Å². The number of aryl methyl sites for hydroxylation is 1. The smallest absolute Gasteiger partial charge is 0.225 e. The highest BCUT2D eigenvalue weighted by atomic mass is 16.3. The topological polar surface area (TPSA) is 78.6 Å². The van der Waals surface area contributed by atoms with Crippen LogP contribution in [0.15, 0.2) is 18.2 Å². The van der Waals surface area contributed by atoms with Crippen LogP contribution in [0, 0.1) is 6.92 Å². The van der Waals surface area contributed by atoms with E-state index < -0.39 is 0 Å². The predicted molar refractivity (Wildman–Crippen MR) is 78.0 cm³/mol. The lowest BCUT2D eigenvalue weighted by Crippen LogP contribution is -2.34. The Kier molecular flexibility index (Phi) is 5.79. The van der Waals surface area contributed by atoms with Crippen LogP contribution in [0.2, 0.25) is 0 Å². The minimum atomic E-state index is -0.0503. The van der Waals surface area contributed by atoms with Crippen molar-refractivity contribution in [2.45, 2.75) is 26.3 Å². The zero-order valence-corrected chi connectivity index (χ0v) is 11.8. The molecule has 5 heteroatoms. The van der Waals surface area contributed by atoms with Gasteiger partial charge in [0.25, 0.3) is 0 Å². The van der Waals surface area contributed by atoms with E-state index in [4.69, 9.17) is 10.8 Å². The second kappa shape index (κ2) is 7.11. The number of anilines is 2. The molecular formula is C14H23N3O2. The molecule has 4 N–H and O–H groups in total. The number of nitrogens with one attached hydrogen (secondary N) is 1. The molecule has 0 aliphatic heterocycles. The summed E-state index contributed by atoms with van der Waals surface area (Å²) in [7, 11) is 1.89. The highest BCUT2D eigenvalue weighted by Crippen LogP contribution is 2.18. The maximum absolute atomic E-state index is 11.9. The Morgan fingerprint density at radius 1 is 1.53 bits per heavy atom. The zero-order valence-electron chi connectivity index (χ0n) is 11.8. The quantitative estimate of drug-likeness (QED) is 0.676. The van der Waals surface area contributed by atoms with Gasteiger partial charge in [-0.3, -0.25) is 4.79 Å². The number of hydrogen-bond donors (Lipinski definition) is 3. The summed E-state index contributed by atoms with van der Waals surface area (Å²) in [6.07, 6.45) is 0.384.